The molecule has 1 fully saturated rings. The lowest BCUT2D eigenvalue weighted by Crippen LogP contribution is -2.49. The van der Waals surface area contributed by atoms with Crippen LogP contribution in [0.15, 0.2) is 18.3 Å². The molecule has 2 rings (SSSR count). The van der Waals surface area contributed by atoms with Crippen molar-refractivity contribution in [3.8, 4) is 0 Å². The molecule has 0 aromatic carbocycles. The average Bonchev–Trinajstić information content (AvgIpc) is 2.48. The molecule has 2 heterocycles. The summed E-state index contributed by atoms with van der Waals surface area (Å²) in [5, 5.41) is 0. The largest absolute Gasteiger partial charge is 0.467 e. The fourth-order valence-electron chi connectivity index (χ4n) is 2.56. The normalized spacial score (nSPS) is 18.7. The number of aromatic nitrogens is 1. The van der Waals surface area contributed by atoms with Crippen LogP contribution in [0.3, 0.4) is 0 Å². The minimum absolute atomic E-state index is 0.0538. The number of pyridine rings is 1. The molecule has 0 aliphatic carbocycles. The van der Waals surface area contributed by atoms with Gasteiger partial charge in [-0.3, -0.25) is 9.78 Å². The minimum Gasteiger partial charge on any atom is -0.467 e. The molecule has 20 heavy (non-hydrogen) atoms. The van der Waals surface area contributed by atoms with Gasteiger partial charge >= 0.3 is 5.97 Å². The Balaban J connectivity index is 2.10. The van der Waals surface area contributed by atoms with E-state index in [-0.39, 0.29) is 18.3 Å². The number of hydrogen-bond donors (Lipinski definition) is 0. The molecule has 0 N–H and O–H groups in total. The van der Waals surface area contributed by atoms with Gasteiger partial charge in [0.15, 0.2) is 0 Å². The molecule has 0 radical (unpaired) electrons. The van der Waals surface area contributed by atoms with Gasteiger partial charge in [-0.15, -0.1) is 0 Å². The summed E-state index contributed by atoms with van der Waals surface area (Å²) < 4.78 is 4.80. The molecule has 108 valence electrons. The van der Waals surface area contributed by atoms with Crippen LogP contribution < -0.4 is 0 Å². The average molecular weight is 276 g/mol. The van der Waals surface area contributed by atoms with Crippen LogP contribution >= 0.6 is 0 Å². The van der Waals surface area contributed by atoms with Crippen LogP contribution in [0.1, 0.15) is 30.5 Å². The van der Waals surface area contributed by atoms with Gasteiger partial charge in [0.1, 0.15) is 6.04 Å². The highest BCUT2D eigenvalue weighted by molar-refractivity contribution is 5.85. The van der Waals surface area contributed by atoms with Gasteiger partial charge < -0.3 is 9.64 Å². The van der Waals surface area contributed by atoms with E-state index in [1.807, 2.05) is 19.1 Å². The van der Waals surface area contributed by atoms with Gasteiger partial charge in [-0.05, 0) is 37.8 Å². The van der Waals surface area contributed by atoms with E-state index in [0.717, 1.165) is 24.1 Å². The third-order valence-electron chi connectivity index (χ3n) is 3.73. The summed E-state index contributed by atoms with van der Waals surface area (Å²) in [6, 6.07) is 3.34. The van der Waals surface area contributed by atoms with Gasteiger partial charge in [-0.25, -0.2) is 4.79 Å². The van der Waals surface area contributed by atoms with E-state index < -0.39 is 6.04 Å². The van der Waals surface area contributed by atoms with E-state index in [2.05, 4.69) is 4.98 Å². The van der Waals surface area contributed by atoms with Crippen LogP contribution in [0.2, 0.25) is 0 Å². The van der Waals surface area contributed by atoms with E-state index in [1.54, 1.807) is 11.1 Å². The topological polar surface area (TPSA) is 59.5 Å². The molecule has 1 aliphatic heterocycles. The van der Waals surface area contributed by atoms with Crippen molar-refractivity contribution in [2.24, 2.45) is 0 Å². The van der Waals surface area contributed by atoms with Gasteiger partial charge in [-0.1, -0.05) is 6.07 Å². The number of amides is 1. The molecule has 0 bridgehead atoms. The van der Waals surface area contributed by atoms with Crippen molar-refractivity contribution in [3.05, 3.63) is 29.6 Å². The maximum atomic E-state index is 12.4. The Morgan fingerprint density at radius 2 is 2.25 bits per heavy atom. The van der Waals surface area contributed by atoms with Crippen molar-refractivity contribution < 1.29 is 14.3 Å². The van der Waals surface area contributed by atoms with Crippen LogP contribution in [0.25, 0.3) is 0 Å². The summed E-state index contributed by atoms with van der Waals surface area (Å²) in [5.74, 6) is -0.377. The van der Waals surface area contributed by atoms with Crippen molar-refractivity contribution in [1.29, 1.82) is 0 Å². The van der Waals surface area contributed by atoms with Crippen LogP contribution in [0, 0.1) is 6.92 Å². The van der Waals surface area contributed by atoms with E-state index in [9.17, 15) is 9.59 Å². The van der Waals surface area contributed by atoms with Crippen molar-refractivity contribution in [1.82, 2.24) is 9.88 Å². The first kappa shape index (κ1) is 14.5. The van der Waals surface area contributed by atoms with Gasteiger partial charge in [-0.2, -0.15) is 0 Å². The zero-order valence-electron chi connectivity index (χ0n) is 12.0. The first-order chi connectivity index (χ1) is 9.63. The number of likely N-dealkylation sites (tertiary alicyclic amines) is 1. The Morgan fingerprint density at radius 1 is 1.45 bits per heavy atom. The second kappa shape index (κ2) is 6.50. The Kier molecular flexibility index (Phi) is 4.71. The number of methoxy groups -OCH3 is 1. The maximum Gasteiger partial charge on any atom is 0.328 e. The number of aryl methyl sites for hydroxylation is 1. The predicted octanol–water partition coefficient (Wildman–Crippen LogP) is 1.49. The minimum atomic E-state index is -0.440. The second-order valence-corrected chi connectivity index (χ2v) is 5.07. The van der Waals surface area contributed by atoms with Gasteiger partial charge in [0.2, 0.25) is 5.91 Å². The number of hydrogen-bond acceptors (Lipinski definition) is 4. The van der Waals surface area contributed by atoms with Crippen LogP contribution in [-0.2, 0) is 20.7 Å². The van der Waals surface area contributed by atoms with E-state index in [1.165, 1.54) is 7.11 Å². The molecule has 1 saturated heterocycles. The highest BCUT2D eigenvalue weighted by Gasteiger charge is 2.32. The summed E-state index contributed by atoms with van der Waals surface area (Å²) in [7, 11) is 1.36. The molecule has 1 aliphatic rings. The molecule has 0 saturated carbocycles. The van der Waals surface area contributed by atoms with Gasteiger partial charge in [0, 0.05) is 12.7 Å². The lowest BCUT2D eigenvalue weighted by atomic mass is 10.0. The molecule has 5 nitrogen and oxygen atoms in total. The fourth-order valence-corrected chi connectivity index (χ4v) is 2.56. The molecule has 1 aromatic heterocycles. The number of esters is 1. The molecule has 5 heteroatoms. The number of ether oxygens (including phenoxy) is 1. The molecule has 0 spiro atoms. The van der Waals surface area contributed by atoms with Crippen molar-refractivity contribution >= 4 is 11.9 Å². The number of rotatable bonds is 3. The van der Waals surface area contributed by atoms with E-state index in [4.69, 9.17) is 4.74 Å². The summed E-state index contributed by atoms with van der Waals surface area (Å²) in [5.41, 5.74) is 1.76. The lowest BCUT2D eigenvalue weighted by Gasteiger charge is -2.33. The Hall–Kier alpha value is -1.91. The highest BCUT2D eigenvalue weighted by atomic mass is 16.5. The Bertz CT molecular complexity index is 502. The number of nitrogens with zero attached hydrogens (tertiary/aromatic N) is 2. The van der Waals surface area contributed by atoms with Gasteiger partial charge in [0.25, 0.3) is 0 Å². The fraction of sp³-hybridized carbons (Fsp3) is 0.533. The van der Waals surface area contributed by atoms with Gasteiger partial charge in [0.05, 0.1) is 19.2 Å². The zero-order valence-corrected chi connectivity index (χ0v) is 12.0. The summed E-state index contributed by atoms with van der Waals surface area (Å²) in [6.07, 6.45) is 4.48. The SMILES string of the molecule is COC(=O)[C@H]1CCCCN1C(=O)Cc1ncccc1C. The zero-order chi connectivity index (χ0) is 14.5. The maximum absolute atomic E-state index is 12.4. The number of carbonyl (C=O) groups is 2. The second-order valence-electron chi connectivity index (χ2n) is 5.07. The molecular weight excluding hydrogens is 256 g/mol. The Morgan fingerprint density at radius 3 is 2.95 bits per heavy atom. The first-order valence-electron chi connectivity index (χ1n) is 6.91. The van der Waals surface area contributed by atoms with Crippen LogP contribution in [-0.4, -0.2) is 41.5 Å². The van der Waals surface area contributed by atoms with E-state index in [0.29, 0.717) is 13.0 Å². The smallest absolute Gasteiger partial charge is 0.328 e. The highest BCUT2D eigenvalue weighted by Crippen LogP contribution is 2.19. The molecule has 1 atom stereocenters. The number of piperidine rings is 1. The molecular formula is C15H20N2O3. The van der Waals surface area contributed by atoms with Crippen molar-refractivity contribution in [2.45, 2.75) is 38.6 Å². The molecule has 0 unspecified atom stereocenters. The third kappa shape index (κ3) is 3.15. The predicted molar refractivity (Wildman–Crippen MR) is 74.0 cm³/mol. The lowest BCUT2D eigenvalue weighted by molar-refractivity contribution is -0.154. The third-order valence-corrected chi connectivity index (χ3v) is 3.73. The first-order valence-corrected chi connectivity index (χ1v) is 6.91. The van der Waals surface area contributed by atoms with Crippen molar-refractivity contribution in [2.75, 3.05) is 13.7 Å². The van der Waals surface area contributed by atoms with E-state index >= 15 is 0 Å². The quantitative estimate of drug-likeness (QED) is 0.785. The Labute approximate surface area is 118 Å². The molecule has 1 aromatic rings. The summed E-state index contributed by atoms with van der Waals surface area (Å²) in [4.78, 5) is 30.1. The van der Waals surface area contributed by atoms with Crippen LogP contribution in [0.5, 0.6) is 0 Å². The molecule has 1 amide bonds. The summed E-state index contributed by atoms with van der Waals surface area (Å²) >= 11 is 0. The monoisotopic (exact) mass is 276 g/mol. The van der Waals surface area contributed by atoms with Crippen LogP contribution in [0.4, 0.5) is 0 Å². The number of carbonyl (C=O) groups excluding carboxylic acids is 2. The standard InChI is InChI=1S/C15H20N2O3/c1-11-6-5-8-16-12(11)10-14(18)17-9-4-3-7-13(17)15(19)20-2/h5-6,8,13H,3-4,7,9-10H2,1-2H3/t13-/m1/s1. The van der Waals surface area contributed by atoms with Crippen molar-refractivity contribution in [3.63, 3.8) is 0 Å². The summed E-state index contributed by atoms with van der Waals surface area (Å²) in [6.45, 7) is 2.55.